The van der Waals surface area contributed by atoms with Gasteiger partial charge in [-0.05, 0) is 19.9 Å². The third-order valence-corrected chi connectivity index (χ3v) is 2.85. The average Bonchev–Trinajstić information content (AvgIpc) is 2.63. The van der Waals surface area contributed by atoms with Gasteiger partial charge in [0.05, 0.1) is 5.69 Å². The molecule has 2 N–H and O–H groups in total. The van der Waals surface area contributed by atoms with Crippen LogP contribution in [0.15, 0.2) is 6.07 Å². The van der Waals surface area contributed by atoms with E-state index in [2.05, 4.69) is 10.4 Å². The normalized spacial score (nSPS) is 11.6. The summed E-state index contributed by atoms with van der Waals surface area (Å²) < 4.78 is 1.84. The second kappa shape index (κ2) is 6.00. The van der Waals surface area contributed by atoms with Crippen molar-refractivity contribution < 1.29 is 9.90 Å². The van der Waals surface area contributed by atoms with Gasteiger partial charge in [0, 0.05) is 37.2 Å². The highest BCUT2D eigenvalue weighted by Gasteiger charge is 2.17. The summed E-state index contributed by atoms with van der Waals surface area (Å²) in [5.41, 5.74) is 1.76. The molecule has 1 aromatic heterocycles. The van der Waals surface area contributed by atoms with Gasteiger partial charge in [0.2, 0.25) is 5.91 Å². The Morgan fingerprint density at radius 1 is 1.50 bits per heavy atom. The number of hydrogen-bond donors (Lipinski definition) is 2. The molecule has 0 unspecified atom stereocenters. The number of carbonyl (C=O) groups is 1. The topological polar surface area (TPSA) is 67.2 Å². The monoisotopic (exact) mass is 253 g/mol. The SMILES string of the molecule is Cc1cc(C)n(CCC(=O)NCC(C)(C)CO)n1. The van der Waals surface area contributed by atoms with Gasteiger partial charge in [-0.1, -0.05) is 13.8 Å². The van der Waals surface area contributed by atoms with Crippen molar-refractivity contribution in [1.29, 1.82) is 0 Å². The van der Waals surface area contributed by atoms with Crippen molar-refractivity contribution in [3.63, 3.8) is 0 Å². The quantitative estimate of drug-likeness (QED) is 0.795. The molecule has 1 heterocycles. The van der Waals surface area contributed by atoms with E-state index in [-0.39, 0.29) is 17.9 Å². The summed E-state index contributed by atoms with van der Waals surface area (Å²) in [4.78, 5) is 11.7. The highest BCUT2D eigenvalue weighted by molar-refractivity contribution is 5.75. The molecule has 1 amide bonds. The molecular formula is C13H23N3O2. The molecule has 0 spiro atoms. The Balaban J connectivity index is 2.36. The molecule has 18 heavy (non-hydrogen) atoms. The highest BCUT2D eigenvalue weighted by Crippen LogP contribution is 2.11. The Hall–Kier alpha value is -1.36. The van der Waals surface area contributed by atoms with Crippen LogP contribution < -0.4 is 5.32 Å². The van der Waals surface area contributed by atoms with Crippen LogP contribution in [0.5, 0.6) is 0 Å². The molecule has 0 fully saturated rings. The minimum atomic E-state index is -0.270. The number of nitrogens with zero attached hydrogens (tertiary/aromatic N) is 2. The standard InChI is InChI=1S/C13H23N3O2/c1-10-7-11(2)16(15-10)6-5-12(18)14-8-13(3,4)9-17/h7,17H,5-6,8-9H2,1-4H3,(H,14,18). The summed E-state index contributed by atoms with van der Waals surface area (Å²) in [6, 6.07) is 1.99. The van der Waals surface area contributed by atoms with Crippen LogP contribution in [-0.4, -0.2) is 33.9 Å². The Morgan fingerprint density at radius 2 is 2.17 bits per heavy atom. The fourth-order valence-electron chi connectivity index (χ4n) is 1.59. The summed E-state index contributed by atoms with van der Waals surface area (Å²) in [6.45, 7) is 8.87. The van der Waals surface area contributed by atoms with Crippen LogP contribution in [0.4, 0.5) is 0 Å². The molecule has 0 aliphatic rings. The lowest BCUT2D eigenvalue weighted by atomic mass is 9.95. The average molecular weight is 253 g/mol. The maximum atomic E-state index is 11.7. The van der Waals surface area contributed by atoms with E-state index >= 15 is 0 Å². The molecule has 1 aromatic rings. The zero-order valence-electron chi connectivity index (χ0n) is 11.7. The van der Waals surface area contributed by atoms with Crippen LogP contribution in [0.2, 0.25) is 0 Å². The first-order valence-corrected chi connectivity index (χ1v) is 6.23. The number of aryl methyl sites for hydroxylation is 3. The van der Waals surface area contributed by atoms with Gasteiger partial charge in [-0.15, -0.1) is 0 Å². The summed E-state index contributed by atoms with van der Waals surface area (Å²) in [5.74, 6) is -0.0101. The molecule has 0 saturated carbocycles. The fourth-order valence-corrected chi connectivity index (χ4v) is 1.59. The maximum absolute atomic E-state index is 11.7. The van der Waals surface area contributed by atoms with Crippen molar-refractivity contribution in [2.45, 2.75) is 40.7 Å². The maximum Gasteiger partial charge on any atom is 0.221 e. The molecule has 5 nitrogen and oxygen atoms in total. The van der Waals surface area contributed by atoms with Crippen molar-refractivity contribution in [2.24, 2.45) is 5.41 Å². The van der Waals surface area contributed by atoms with Crippen LogP contribution in [0, 0.1) is 19.3 Å². The summed E-state index contributed by atoms with van der Waals surface area (Å²) in [7, 11) is 0. The van der Waals surface area contributed by atoms with E-state index in [0.29, 0.717) is 19.5 Å². The molecule has 102 valence electrons. The molecule has 0 radical (unpaired) electrons. The predicted molar refractivity (Wildman–Crippen MR) is 70.2 cm³/mol. The van der Waals surface area contributed by atoms with Crippen LogP contribution in [0.1, 0.15) is 31.7 Å². The number of hydrogen-bond acceptors (Lipinski definition) is 3. The van der Waals surface area contributed by atoms with E-state index in [4.69, 9.17) is 5.11 Å². The van der Waals surface area contributed by atoms with E-state index in [9.17, 15) is 4.79 Å². The van der Waals surface area contributed by atoms with Gasteiger partial charge in [0.25, 0.3) is 0 Å². The third kappa shape index (κ3) is 4.49. The first-order valence-electron chi connectivity index (χ1n) is 6.23. The Labute approximate surface area is 108 Å². The third-order valence-electron chi connectivity index (χ3n) is 2.85. The van der Waals surface area contributed by atoms with Crippen molar-refractivity contribution in [3.05, 3.63) is 17.5 Å². The summed E-state index contributed by atoms with van der Waals surface area (Å²) in [5, 5.41) is 16.2. The lowest BCUT2D eigenvalue weighted by Gasteiger charge is -2.21. The van der Waals surface area contributed by atoms with Gasteiger partial charge in [-0.2, -0.15) is 5.10 Å². The van der Waals surface area contributed by atoms with E-state index in [1.165, 1.54) is 0 Å². The van der Waals surface area contributed by atoms with Crippen LogP contribution in [-0.2, 0) is 11.3 Å². The summed E-state index contributed by atoms with van der Waals surface area (Å²) >= 11 is 0. The van der Waals surface area contributed by atoms with E-state index in [1.54, 1.807) is 0 Å². The fraction of sp³-hybridized carbons (Fsp3) is 0.692. The number of aliphatic hydroxyl groups excluding tert-OH is 1. The van der Waals surface area contributed by atoms with Crippen molar-refractivity contribution >= 4 is 5.91 Å². The van der Waals surface area contributed by atoms with E-state index in [0.717, 1.165) is 11.4 Å². The minimum Gasteiger partial charge on any atom is -0.396 e. The predicted octanol–water partition coefficient (Wildman–Crippen LogP) is 1.02. The molecule has 0 atom stereocenters. The lowest BCUT2D eigenvalue weighted by Crippen LogP contribution is -2.36. The largest absolute Gasteiger partial charge is 0.396 e. The van der Waals surface area contributed by atoms with Crippen molar-refractivity contribution in [2.75, 3.05) is 13.2 Å². The van der Waals surface area contributed by atoms with Crippen LogP contribution in [0.25, 0.3) is 0 Å². The van der Waals surface area contributed by atoms with Gasteiger partial charge in [-0.3, -0.25) is 9.48 Å². The summed E-state index contributed by atoms with van der Waals surface area (Å²) in [6.07, 6.45) is 0.406. The van der Waals surface area contributed by atoms with E-state index in [1.807, 2.05) is 38.4 Å². The van der Waals surface area contributed by atoms with E-state index < -0.39 is 0 Å². The van der Waals surface area contributed by atoms with Gasteiger partial charge in [-0.25, -0.2) is 0 Å². The smallest absolute Gasteiger partial charge is 0.221 e. The number of carbonyl (C=O) groups excluding carboxylic acids is 1. The van der Waals surface area contributed by atoms with Gasteiger partial charge >= 0.3 is 0 Å². The van der Waals surface area contributed by atoms with Gasteiger partial charge in [0.15, 0.2) is 0 Å². The van der Waals surface area contributed by atoms with Crippen LogP contribution >= 0.6 is 0 Å². The number of rotatable bonds is 6. The molecule has 0 bridgehead atoms. The first kappa shape index (κ1) is 14.7. The molecule has 0 aliphatic heterocycles. The number of amides is 1. The number of nitrogens with one attached hydrogen (secondary N) is 1. The number of aliphatic hydroxyl groups is 1. The lowest BCUT2D eigenvalue weighted by molar-refractivity contribution is -0.121. The van der Waals surface area contributed by atoms with Gasteiger partial charge < -0.3 is 10.4 Å². The zero-order valence-corrected chi connectivity index (χ0v) is 11.7. The Kier molecular flexibility index (Phi) is 4.90. The molecule has 5 heteroatoms. The van der Waals surface area contributed by atoms with Gasteiger partial charge in [0.1, 0.15) is 0 Å². The molecule has 0 aliphatic carbocycles. The molecular weight excluding hydrogens is 230 g/mol. The second-order valence-electron chi connectivity index (χ2n) is 5.50. The van der Waals surface area contributed by atoms with Crippen LogP contribution in [0.3, 0.4) is 0 Å². The Bertz CT molecular complexity index is 410. The zero-order chi connectivity index (χ0) is 13.8. The first-order chi connectivity index (χ1) is 8.34. The molecule has 0 aromatic carbocycles. The second-order valence-corrected chi connectivity index (χ2v) is 5.50. The number of aromatic nitrogens is 2. The highest BCUT2D eigenvalue weighted by atomic mass is 16.3. The molecule has 0 saturated heterocycles. The van der Waals surface area contributed by atoms with Crippen molar-refractivity contribution in [3.8, 4) is 0 Å². The minimum absolute atomic E-state index is 0.0101. The Morgan fingerprint density at radius 3 is 2.67 bits per heavy atom. The molecule has 1 rings (SSSR count). The van der Waals surface area contributed by atoms with Crippen molar-refractivity contribution in [1.82, 2.24) is 15.1 Å².